The van der Waals surface area contributed by atoms with E-state index in [0.29, 0.717) is 5.41 Å². The summed E-state index contributed by atoms with van der Waals surface area (Å²) in [7, 11) is 1.98. The van der Waals surface area contributed by atoms with Gasteiger partial charge in [0.2, 0.25) is 0 Å². The maximum Gasteiger partial charge on any atom is 0.136 e. The predicted molar refractivity (Wildman–Crippen MR) is 89.7 cm³/mol. The lowest BCUT2D eigenvalue weighted by Crippen LogP contribution is -2.40. The summed E-state index contributed by atoms with van der Waals surface area (Å²) in [6.07, 6.45) is 4.59. The standard InChI is InChI=1S/C18H25N3/c1-18(2)9-6-10-21(13-18)17-16-8-5-4-7-15(16)14(11-19-3)12-20-17/h4-5,7-8,12,19H,6,9-11,13H2,1-3H3. The summed E-state index contributed by atoms with van der Waals surface area (Å²) >= 11 is 0. The van der Waals surface area contributed by atoms with E-state index in [1.54, 1.807) is 0 Å². The summed E-state index contributed by atoms with van der Waals surface area (Å²) in [4.78, 5) is 7.27. The van der Waals surface area contributed by atoms with Crippen LogP contribution in [-0.2, 0) is 6.54 Å². The van der Waals surface area contributed by atoms with Crippen molar-refractivity contribution in [3.63, 3.8) is 0 Å². The molecule has 0 bridgehead atoms. The summed E-state index contributed by atoms with van der Waals surface area (Å²) < 4.78 is 0. The highest BCUT2D eigenvalue weighted by Gasteiger charge is 2.28. The molecule has 1 aliphatic rings. The molecule has 1 saturated heterocycles. The first-order valence-corrected chi connectivity index (χ1v) is 7.87. The highest BCUT2D eigenvalue weighted by Crippen LogP contribution is 2.34. The topological polar surface area (TPSA) is 28.2 Å². The quantitative estimate of drug-likeness (QED) is 0.933. The van der Waals surface area contributed by atoms with E-state index >= 15 is 0 Å². The molecule has 0 saturated carbocycles. The van der Waals surface area contributed by atoms with Crippen molar-refractivity contribution in [3.05, 3.63) is 36.0 Å². The van der Waals surface area contributed by atoms with Gasteiger partial charge in [0.25, 0.3) is 0 Å². The minimum atomic E-state index is 0.380. The van der Waals surface area contributed by atoms with Gasteiger partial charge in [-0.1, -0.05) is 38.1 Å². The molecule has 0 aliphatic carbocycles. The third-order valence-electron chi connectivity index (χ3n) is 4.42. The number of hydrogen-bond acceptors (Lipinski definition) is 3. The highest BCUT2D eigenvalue weighted by atomic mass is 15.2. The molecule has 0 amide bonds. The van der Waals surface area contributed by atoms with E-state index in [1.165, 1.54) is 29.2 Å². The maximum absolute atomic E-state index is 4.80. The number of hydrogen-bond donors (Lipinski definition) is 1. The summed E-state index contributed by atoms with van der Waals surface area (Å²) in [6.45, 7) is 7.79. The molecule has 3 rings (SSSR count). The third kappa shape index (κ3) is 2.88. The van der Waals surface area contributed by atoms with E-state index < -0.39 is 0 Å². The van der Waals surface area contributed by atoms with Gasteiger partial charge in [-0.2, -0.15) is 0 Å². The van der Waals surface area contributed by atoms with Crippen molar-refractivity contribution in [2.75, 3.05) is 25.0 Å². The molecule has 1 aromatic heterocycles. The lowest BCUT2D eigenvalue weighted by Gasteiger charge is -2.39. The van der Waals surface area contributed by atoms with Crippen molar-refractivity contribution < 1.29 is 0 Å². The van der Waals surface area contributed by atoms with Crippen molar-refractivity contribution in [1.29, 1.82) is 0 Å². The van der Waals surface area contributed by atoms with Crippen LogP contribution < -0.4 is 10.2 Å². The fourth-order valence-corrected chi connectivity index (χ4v) is 3.42. The molecule has 3 nitrogen and oxygen atoms in total. The number of aromatic nitrogens is 1. The molecule has 1 aliphatic heterocycles. The molecule has 21 heavy (non-hydrogen) atoms. The number of fused-ring (bicyclic) bond motifs is 1. The molecule has 1 fully saturated rings. The van der Waals surface area contributed by atoms with Gasteiger partial charge in [-0.15, -0.1) is 0 Å². The molecule has 112 valence electrons. The van der Waals surface area contributed by atoms with Crippen LogP contribution in [0, 0.1) is 5.41 Å². The van der Waals surface area contributed by atoms with Crippen molar-refractivity contribution in [1.82, 2.24) is 10.3 Å². The maximum atomic E-state index is 4.80. The Balaban J connectivity index is 2.05. The number of benzene rings is 1. The fraction of sp³-hybridized carbons (Fsp3) is 0.500. The second-order valence-corrected chi connectivity index (χ2v) is 6.87. The van der Waals surface area contributed by atoms with Crippen LogP contribution in [0.3, 0.4) is 0 Å². The van der Waals surface area contributed by atoms with Crippen LogP contribution in [0.1, 0.15) is 32.3 Å². The van der Waals surface area contributed by atoms with Crippen molar-refractivity contribution in [2.24, 2.45) is 5.41 Å². The van der Waals surface area contributed by atoms with Crippen molar-refractivity contribution in [2.45, 2.75) is 33.2 Å². The Hall–Kier alpha value is -1.61. The number of rotatable bonds is 3. The smallest absolute Gasteiger partial charge is 0.136 e. The van der Waals surface area contributed by atoms with Gasteiger partial charge in [0.05, 0.1) is 0 Å². The molecule has 0 radical (unpaired) electrons. The van der Waals surface area contributed by atoms with Crippen molar-refractivity contribution >= 4 is 16.6 Å². The van der Waals surface area contributed by atoms with Gasteiger partial charge in [-0.3, -0.25) is 0 Å². The van der Waals surface area contributed by atoms with Gasteiger partial charge in [0, 0.05) is 31.2 Å². The Bertz CT molecular complexity index is 633. The zero-order valence-corrected chi connectivity index (χ0v) is 13.3. The molecule has 1 aromatic carbocycles. The van der Waals surface area contributed by atoms with Gasteiger partial charge in [0.1, 0.15) is 5.82 Å². The average molecular weight is 283 g/mol. The van der Waals surface area contributed by atoms with E-state index in [1.807, 2.05) is 13.2 Å². The first kappa shape index (κ1) is 14.3. The average Bonchev–Trinajstić information content (AvgIpc) is 2.47. The van der Waals surface area contributed by atoms with Crippen LogP contribution in [0.5, 0.6) is 0 Å². The highest BCUT2D eigenvalue weighted by molar-refractivity contribution is 5.94. The summed E-state index contributed by atoms with van der Waals surface area (Å²) in [5.41, 5.74) is 1.65. The van der Waals surface area contributed by atoms with Crippen molar-refractivity contribution in [3.8, 4) is 0 Å². The molecule has 0 unspecified atom stereocenters. The molecule has 3 heteroatoms. The minimum Gasteiger partial charge on any atom is -0.356 e. The Morgan fingerprint density at radius 3 is 2.71 bits per heavy atom. The molecular weight excluding hydrogens is 258 g/mol. The number of nitrogens with one attached hydrogen (secondary N) is 1. The third-order valence-corrected chi connectivity index (χ3v) is 4.42. The van der Waals surface area contributed by atoms with Crippen LogP contribution in [0.15, 0.2) is 30.5 Å². The monoisotopic (exact) mass is 283 g/mol. The molecule has 2 heterocycles. The Morgan fingerprint density at radius 1 is 1.24 bits per heavy atom. The lowest BCUT2D eigenvalue weighted by molar-refractivity contribution is 0.292. The number of anilines is 1. The van der Waals surface area contributed by atoms with Crippen LogP contribution in [0.2, 0.25) is 0 Å². The largest absolute Gasteiger partial charge is 0.356 e. The fourth-order valence-electron chi connectivity index (χ4n) is 3.42. The zero-order valence-electron chi connectivity index (χ0n) is 13.3. The van der Waals surface area contributed by atoms with Crippen LogP contribution in [0.4, 0.5) is 5.82 Å². The van der Waals surface area contributed by atoms with Gasteiger partial charge in [-0.05, 0) is 36.3 Å². The molecule has 0 spiro atoms. The van der Waals surface area contributed by atoms with E-state index in [-0.39, 0.29) is 0 Å². The molecule has 0 atom stereocenters. The molecule has 1 N–H and O–H groups in total. The summed E-state index contributed by atoms with van der Waals surface area (Å²) in [6, 6.07) is 8.65. The lowest BCUT2D eigenvalue weighted by atomic mass is 9.84. The van der Waals surface area contributed by atoms with E-state index in [2.05, 4.69) is 48.3 Å². The first-order valence-electron chi connectivity index (χ1n) is 7.87. The number of piperidine rings is 1. The second kappa shape index (κ2) is 5.64. The van der Waals surface area contributed by atoms with Crippen LogP contribution >= 0.6 is 0 Å². The van der Waals surface area contributed by atoms with Gasteiger partial charge in [0.15, 0.2) is 0 Å². The Morgan fingerprint density at radius 2 is 2.00 bits per heavy atom. The number of nitrogens with zero attached hydrogens (tertiary/aromatic N) is 2. The first-order chi connectivity index (χ1) is 10.1. The van der Waals surface area contributed by atoms with Gasteiger partial charge < -0.3 is 10.2 Å². The predicted octanol–water partition coefficient (Wildman–Crippen LogP) is 3.58. The normalized spacial score (nSPS) is 18.1. The van der Waals surface area contributed by atoms with E-state index in [4.69, 9.17) is 4.98 Å². The van der Waals surface area contributed by atoms with E-state index in [0.717, 1.165) is 25.5 Å². The van der Waals surface area contributed by atoms with E-state index in [9.17, 15) is 0 Å². The second-order valence-electron chi connectivity index (χ2n) is 6.87. The molecular formula is C18H25N3. The SMILES string of the molecule is CNCc1cnc(N2CCCC(C)(C)C2)c2ccccc12. The Labute approximate surface area is 127 Å². The number of pyridine rings is 1. The molecule has 2 aromatic rings. The zero-order chi connectivity index (χ0) is 14.9. The summed E-state index contributed by atoms with van der Waals surface area (Å²) in [5.74, 6) is 1.15. The van der Waals surface area contributed by atoms with Crippen LogP contribution in [-0.4, -0.2) is 25.1 Å². The Kier molecular flexibility index (Phi) is 3.85. The summed E-state index contributed by atoms with van der Waals surface area (Å²) in [5, 5.41) is 5.83. The van der Waals surface area contributed by atoms with Gasteiger partial charge in [-0.25, -0.2) is 4.98 Å². The van der Waals surface area contributed by atoms with Crippen LogP contribution in [0.25, 0.3) is 10.8 Å². The van der Waals surface area contributed by atoms with Gasteiger partial charge >= 0.3 is 0 Å². The minimum absolute atomic E-state index is 0.380.